The van der Waals surface area contributed by atoms with E-state index >= 15 is 0 Å². The number of aryl methyl sites for hydroxylation is 1. The second-order valence-electron chi connectivity index (χ2n) is 7.05. The molecular formula is C21H26N4O3S. The minimum Gasteiger partial charge on any atom is -0.344 e. The summed E-state index contributed by atoms with van der Waals surface area (Å²) in [7, 11) is 0. The topological polar surface area (TPSA) is 96.9 Å². The van der Waals surface area contributed by atoms with Crippen molar-refractivity contribution in [3.63, 3.8) is 0 Å². The van der Waals surface area contributed by atoms with E-state index in [4.69, 9.17) is 0 Å². The summed E-state index contributed by atoms with van der Waals surface area (Å²) >= 11 is 1.62. The van der Waals surface area contributed by atoms with Gasteiger partial charge in [0.15, 0.2) is 0 Å². The van der Waals surface area contributed by atoms with E-state index in [1.54, 1.807) is 11.3 Å². The van der Waals surface area contributed by atoms with Gasteiger partial charge >= 0.3 is 5.69 Å². The Balaban J connectivity index is 1.98. The summed E-state index contributed by atoms with van der Waals surface area (Å²) in [6.07, 6.45) is 4.04. The highest BCUT2D eigenvalue weighted by Crippen LogP contribution is 2.30. The predicted octanol–water partition coefficient (Wildman–Crippen LogP) is 3.46. The third kappa shape index (κ3) is 4.32. The zero-order valence-corrected chi connectivity index (χ0v) is 17.7. The van der Waals surface area contributed by atoms with Crippen molar-refractivity contribution in [3.8, 4) is 0 Å². The molecule has 0 spiro atoms. The van der Waals surface area contributed by atoms with Crippen LogP contribution in [0.5, 0.6) is 0 Å². The van der Waals surface area contributed by atoms with Crippen molar-refractivity contribution in [3.05, 3.63) is 61.1 Å². The third-order valence-electron chi connectivity index (χ3n) is 5.20. The number of aromatic nitrogens is 3. The highest BCUT2D eigenvalue weighted by molar-refractivity contribution is 7.10. The van der Waals surface area contributed by atoms with Crippen LogP contribution in [0.1, 0.15) is 61.3 Å². The van der Waals surface area contributed by atoms with Gasteiger partial charge in [0.05, 0.1) is 17.0 Å². The van der Waals surface area contributed by atoms with Crippen molar-refractivity contribution in [1.82, 2.24) is 19.9 Å². The Kier molecular flexibility index (Phi) is 6.64. The number of hydrogen-bond donors (Lipinski definition) is 2. The number of carbonyl (C=O) groups excluding carboxylic acids is 1. The lowest BCUT2D eigenvalue weighted by atomic mass is 9.92. The van der Waals surface area contributed by atoms with Crippen LogP contribution >= 0.6 is 11.3 Å². The Morgan fingerprint density at radius 1 is 1.28 bits per heavy atom. The first-order valence-electron chi connectivity index (χ1n) is 9.97. The minimum atomic E-state index is -0.533. The van der Waals surface area contributed by atoms with Gasteiger partial charge in [-0.2, -0.15) is 0 Å². The molecule has 1 amide bonds. The third-order valence-corrected chi connectivity index (χ3v) is 6.15. The summed E-state index contributed by atoms with van der Waals surface area (Å²) < 4.78 is 1.43. The number of H-pyrrole nitrogens is 1. The number of nitrogens with zero attached hydrogens (tertiary/aromatic N) is 2. The summed E-state index contributed by atoms with van der Waals surface area (Å²) in [6, 6.07) is 5.42. The van der Waals surface area contributed by atoms with Crippen molar-refractivity contribution in [2.45, 2.75) is 52.6 Å². The van der Waals surface area contributed by atoms with E-state index < -0.39 is 11.2 Å². The first kappa shape index (κ1) is 21.0. The number of nitrogens with one attached hydrogen (secondary N) is 2. The van der Waals surface area contributed by atoms with E-state index in [9.17, 15) is 14.4 Å². The lowest BCUT2D eigenvalue weighted by molar-refractivity contribution is 0.0920. The lowest BCUT2D eigenvalue weighted by Gasteiger charge is -2.25. The molecule has 3 rings (SSSR count). The van der Waals surface area contributed by atoms with Gasteiger partial charge in [-0.25, -0.2) is 9.78 Å². The fraction of sp³-hybridized carbons (Fsp3) is 0.429. The molecular weight excluding hydrogens is 388 g/mol. The molecule has 2 N–H and O–H groups in total. The average molecular weight is 415 g/mol. The van der Waals surface area contributed by atoms with Crippen LogP contribution in [-0.2, 0) is 6.54 Å². The Morgan fingerprint density at radius 3 is 2.66 bits per heavy atom. The van der Waals surface area contributed by atoms with Crippen LogP contribution < -0.4 is 16.6 Å². The molecule has 0 radical (unpaired) electrons. The van der Waals surface area contributed by atoms with Gasteiger partial charge in [-0.1, -0.05) is 39.7 Å². The molecule has 0 aliphatic carbocycles. The van der Waals surface area contributed by atoms with Crippen LogP contribution in [0.4, 0.5) is 0 Å². The molecule has 1 unspecified atom stereocenters. The molecule has 0 saturated carbocycles. The molecule has 3 aromatic rings. The molecule has 29 heavy (non-hydrogen) atoms. The average Bonchev–Trinajstić information content (AvgIpc) is 3.25. The monoisotopic (exact) mass is 414 g/mol. The van der Waals surface area contributed by atoms with Gasteiger partial charge in [0, 0.05) is 17.6 Å². The van der Waals surface area contributed by atoms with Gasteiger partial charge in [-0.05, 0) is 29.9 Å². The van der Waals surface area contributed by atoms with Crippen LogP contribution in [0.15, 0.2) is 39.4 Å². The van der Waals surface area contributed by atoms with E-state index in [2.05, 4.69) is 29.1 Å². The number of rotatable bonds is 8. The van der Waals surface area contributed by atoms with Gasteiger partial charge in [0.1, 0.15) is 5.65 Å². The van der Waals surface area contributed by atoms with Gasteiger partial charge in [-0.15, -0.1) is 11.3 Å². The second kappa shape index (κ2) is 9.17. The summed E-state index contributed by atoms with van der Waals surface area (Å²) in [4.78, 5) is 45.1. The molecule has 154 valence electrons. The Bertz CT molecular complexity index is 1100. The summed E-state index contributed by atoms with van der Waals surface area (Å²) in [5.41, 5.74) is -0.418. The predicted molar refractivity (Wildman–Crippen MR) is 116 cm³/mol. The van der Waals surface area contributed by atoms with E-state index in [1.807, 2.05) is 24.4 Å². The maximum atomic E-state index is 13.0. The molecule has 1 atom stereocenters. The number of thiophene rings is 1. The molecule has 8 heteroatoms. The summed E-state index contributed by atoms with van der Waals surface area (Å²) in [6.45, 7) is 6.61. The molecule has 7 nitrogen and oxygen atoms in total. The SMILES string of the molecule is CCCn1c(=O)[nH]c(=O)c2cc(C(=O)NC(c3cccs3)C(CC)CC)cnc21. The number of fused-ring (bicyclic) bond motifs is 1. The van der Waals surface area contributed by atoms with Crippen LogP contribution in [0.25, 0.3) is 11.0 Å². The zero-order valence-electron chi connectivity index (χ0n) is 16.9. The van der Waals surface area contributed by atoms with Crippen molar-refractivity contribution in [2.75, 3.05) is 0 Å². The quantitative estimate of drug-likeness (QED) is 0.590. The highest BCUT2D eigenvalue weighted by atomic mass is 32.1. The van der Waals surface area contributed by atoms with Crippen molar-refractivity contribution in [2.24, 2.45) is 5.92 Å². The molecule has 0 aromatic carbocycles. The van der Waals surface area contributed by atoms with Crippen LogP contribution in [0.2, 0.25) is 0 Å². The van der Waals surface area contributed by atoms with Gasteiger partial charge in [0.25, 0.3) is 11.5 Å². The van der Waals surface area contributed by atoms with Crippen molar-refractivity contribution < 1.29 is 4.79 Å². The Hall–Kier alpha value is -2.74. The second-order valence-corrected chi connectivity index (χ2v) is 8.03. The van der Waals surface area contributed by atoms with Gasteiger partial charge in [0.2, 0.25) is 0 Å². The van der Waals surface area contributed by atoms with Crippen molar-refractivity contribution >= 4 is 28.3 Å². The molecule has 0 fully saturated rings. The van der Waals surface area contributed by atoms with E-state index in [-0.39, 0.29) is 17.3 Å². The van der Waals surface area contributed by atoms with Gasteiger partial charge < -0.3 is 5.32 Å². The number of amides is 1. The number of hydrogen-bond acceptors (Lipinski definition) is 5. The maximum absolute atomic E-state index is 13.0. The normalized spacial score (nSPS) is 12.4. The fourth-order valence-corrected chi connectivity index (χ4v) is 4.47. The molecule has 0 saturated heterocycles. The smallest absolute Gasteiger partial charge is 0.329 e. The van der Waals surface area contributed by atoms with Crippen LogP contribution in [-0.4, -0.2) is 20.4 Å². The molecule has 0 aliphatic heterocycles. The molecule has 3 heterocycles. The van der Waals surface area contributed by atoms with Crippen molar-refractivity contribution in [1.29, 1.82) is 0 Å². The minimum absolute atomic E-state index is 0.0967. The number of pyridine rings is 1. The fourth-order valence-electron chi connectivity index (χ4n) is 3.60. The van der Waals surface area contributed by atoms with Crippen LogP contribution in [0.3, 0.4) is 0 Å². The summed E-state index contributed by atoms with van der Waals surface area (Å²) in [5, 5.41) is 5.36. The highest BCUT2D eigenvalue weighted by Gasteiger charge is 2.24. The largest absolute Gasteiger partial charge is 0.344 e. The maximum Gasteiger partial charge on any atom is 0.329 e. The Labute approximate surface area is 172 Å². The molecule has 0 aliphatic rings. The Morgan fingerprint density at radius 2 is 2.03 bits per heavy atom. The van der Waals surface area contributed by atoms with E-state index in [1.165, 1.54) is 16.8 Å². The summed E-state index contributed by atoms with van der Waals surface area (Å²) in [5.74, 6) is 0.0292. The van der Waals surface area contributed by atoms with E-state index in [0.717, 1.165) is 24.1 Å². The molecule has 3 aromatic heterocycles. The number of aromatic amines is 1. The zero-order chi connectivity index (χ0) is 21.0. The molecule has 0 bridgehead atoms. The lowest BCUT2D eigenvalue weighted by Crippen LogP contribution is -2.34. The first-order chi connectivity index (χ1) is 14.0. The van der Waals surface area contributed by atoms with E-state index in [0.29, 0.717) is 23.7 Å². The van der Waals surface area contributed by atoms with Crippen LogP contribution in [0, 0.1) is 5.92 Å². The van der Waals surface area contributed by atoms with Gasteiger partial charge in [-0.3, -0.25) is 19.1 Å². The standard InChI is InChI=1S/C21H26N4O3S/c1-4-9-25-18-15(20(27)24-21(25)28)11-14(12-22-18)19(26)23-17(13(5-2)6-3)16-8-7-10-29-16/h7-8,10-13,17H,4-6,9H2,1-3H3,(H,23,26)(H,24,27,28). The number of carbonyl (C=O) groups is 1. The first-order valence-corrected chi connectivity index (χ1v) is 10.8.